The predicted octanol–water partition coefficient (Wildman–Crippen LogP) is 2.84. The highest BCUT2D eigenvalue weighted by molar-refractivity contribution is 6.30. The Bertz CT molecular complexity index is 293. The Kier molecular flexibility index (Phi) is 3.40. The molecule has 78 valence electrons. The maximum Gasteiger partial charge on any atom is 0.120 e. The van der Waals surface area contributed by atoms with Gasteiger partial charge in [-0.05, 0) is 45.0 Å². The molecule has 1 unspecified atom stereocenters. The minimum absolute atomic E-state index is 0.0295. The Labute approximate surface area is 90.0 Å². The number of halogens is 1. The van der Waals surface area contributed by atoms with Gasteiger partial charge in [0.15, 0.2) is 0 Å². The van der Waals surface area contributed by atoms with Gasteiger partial charge in [-0.2, -0.15) is 0 Å². The molecule has 0 bridgehead atoms. The fourth-order valence-corrected chi connectivity index (χ4v) is 1.03. The fourth-order valence-electron chi connectivity index (χ4n) is 0.899. The van der Waals surface area contributed by atoms with E-state index in [-0.39, 0.29) is 11.6 Å². The molecule has 1 aromatic rings. The SMILES string of the molecule is CC(N)C(C)(C)Oc1ccc(Cl)cc1. The molecular weight excluding hydrogens is 198 g/mol. The smallest absolute Gasteiger partial charge is 0.120 e. The first-order valence-electron chi connectivity index (χ1n) is 4.62. The zero-order valence-electron chi connectivity index (χ0n) is 8.75. The summed E-state index contributed by atoms with van der Waals surface area (Å²) < 4.78 is 5.73. The summed E-state index contributed by atoms with van der Waals surface area (Å²) in [6, 6.07) is 7.25. The highest BCUT2D eigenvalue weighted by Crippen LogP contribution is 2.22. The Balaban J connectivity index is 2.74. The van der Waals surface area contributed by atoms with Gasteiger partial charge in [0.1, 0.15) is 11.4 Å². The molecule has 14 heavy (non-hydrogen) atoms. The van der Waals surface area contributed by atoms with Gasteiger partial charge in [-0.15, -0.1) is 0 Å². The minimum Gasteiger partial charge on any atom is -0.486 e. The second-order valence-corrected chi connectivity index (χ2v) is 4.38. The summed E-state index contributed by atoms with van der Waals surface area (Å²) in [6.07, 6.45) is 0. The highest BCUT2D eigenvalue weighted by atomic mass is 35.5. The van der Waals surface area contributed by atoms with Crippen LogP contribution in [-0.2, 0) is 0 Å². The van der Waals surface area contributed by atoms with Gasteiger partial charge in [0.25, 0.3) is 0 Å². The normalized spacial score (nSPS) is 13.8. The fraction of sp³-hybridized carbons (Fsp3) is 0.455. The van der Waals surface area contributed by atoms with E-state index in [1.807, 2.05) is 32.9 Å². The topological polar surface area (TPSA) is 35.2 Å². The third-order valence-electron chi connectivity index (χ3n) is 2.29. The van der Waals surface area contributed by atoms with E-state index in [0.29, 0.717) is 5.02 Å². The van der Waals surface area contributed by atoms with Gasteiger partial charge >= 0.3 is 0 Å². The molecular formula is C11H16ClNO. The lowest BCUT2D eigenvalue weighted by atomic mass is 10.0. The third-order valence-corrected chi connectivity index (χ3v) is 2.54. The van der Waals surface area contributed by atoms with Crippen LogP contribution in [0.3, 0.4) is 0 Å². The third kappa shape index (κ3) is 2.89. The summed E-state index contributed by atoms with van der Waals surface area (Å²) in [5.41, 5.74) is 5.43. The first-order valence-corrected chi connectivity index (χ1v) is 5.00. The van der Waals surface area contributed by atoms with E-state index in [0.717, 1.165) is 5.75 Å². The maximum atomic E-state index is 5.80. The monoisotopic (exact) mass is 213 g/mol. The summed E-state index contributed by atoms with van der Waals surface area (Å²) in [6.45, 7) is 5.86. The molecule has 0 fully saturated rings. The molecule has 0 aliphatic carbocycles. The largest absolute Gasteiger partial charge is 0.486 e. The molecule has 2 nitrogen and oxygen atoms in total. The molecule has 0 aliphatic rings. The lowest BCUT2D eigenvalue weighted by Gasteiger charge is -2.30. The number of hydrogen-bond donors (Lipinski definition) is 1. The van der Waals surface area contributed by atoms with Crippen molar-refractivity contribution < 1.29 is 4.74 Å². The quantitative estimate of drug-likeness (QED) is 0.838. The molecule has 0 heterocycles. The van der Waals surface area contributed by atoms with Crippen LogP contribution in [0.1, 0.15) is 20.8 Å². The van der Waals surface area contributed by atoms with Crippen LogP contribution in [0.15, 0.2) is 24.3 Å². The number of ether oxygens (including phenoxy) is 1. The van der Waals surface area contributed by atoms with Crippen LogP contribution in [0.2, 0.25) is 5.02 Å². The van der Waals surface area contributed by atoms with Crippen LogP contribution < -0.4 is 10.5 Å². The van der Waals surface area contributed by atoms with Crippen LogP contribution in [0.5, 0.6) is 5.75 Å². The van der Waals surface area contributed by atoms with E-state index in [2.05, 4.69) is 0 Å². The van der Waals surface area contributed by atoms with Crippen molar-refractivity contribution in [1.82, 2.24) is 0 Å². The van der Waals surface area contributed by atoms with Crippen molar-refractivity contribution in [1.29, 1.82) is 0 Å². The van der Waals surface area contributed by atoms with Gasteiger partial charge in [0.2, 0.25) is 0 Å². The first-order chi connectivity index (χ1) is 6.42. The summed E-state index contributed by atoms with van der Waals surface area (Å²) in [5.74, 6) is 0.789. The summed E-state index contributed by atoms with van der Waals surface area (Å²) >= 11 is 5.77. The van der Waals surface area contributed by atoms with Gasteiger partial charge in [-0.3, -0.25) is 0 Å². The number of benzene rings is 1. The molecule has 0 amide bonds. The molecule has 1 rings (SSSR count). The van der Waals surface area contributed by atoms with Crippen LogP contribution in [0.25, 0.3) is 0 Å². The van der Waals surface area contributed by atoms with E-state index < -0.39 is 0 Å². The Morgan fingerprint density at radius 2 is 1.79 bits per heavy atom. The first kappa shape index (κ1) is 11.3. The van der Waals surface area contributed by atoms with Gasteiger partial charge in [-0.1, -0.05) is 11.6 Å². The summed E-state index contributed by atoms with van der Waals surface area (Å²) in [7, 11) is 0. The highest BCUT2D eigenvalue weighted by Gasteiger charge is 2.24. The molecule has 0 aliphatic heterocycles. The van der Waals surface area contributed by atoms with Gasteiger partial charge < -0.3 is 10.5 Å². The van der Waals surface area contributed by atoms with Crippen molar-refractivity contribution >= 4 is 11.6 Å². The van der Waals surface area contributed by atoms with E-state index in [4.69, 9.17) is 22.1 Å². The molecule has 3 heteroatoms. The van der Waals surface area contributed by atoms with Crippen molar-refractivity contribution in [3.8, 4) is 5.75 Å². The van der Waals surface area contributed by atoms with Gasteiger partial charge in [0, 0.05) is 11.1 Å². The van der Waals surface area contributed by atoms with Crippen molar-refractivity contribution in [2.24, 2.45) is 5.73 Å². The maximum absolute atomic E-state index is 5.80. The van der Waals surface area contributed by atoms with Crippen molar-refractivity contribution in [3.63, 3.8) is 0 Å². The number of rotatable bonds is 3. The average molecular weight is 214 g/mol. The van der Waals surface area contributed by atoms with Crippen molar-refractivity contribution in [2.75, 3.05) is 0 Å². The standard InChI is InChI=1S/C11H16ClNO/c1-8(13)11(2,3)14-10-6-4-9(12)5-7-10/h4-8H,13H2,1-3H3. The number of nitrogens with two attached hydrogens (primary N) is 1. The Morgan fingerprint density at radius 1 is 1.29 bits per heavy atom. The summed E-state index contributed by atoms with van der Waals surface area (Å²) in [5, 5.41) is 0.705. The lowest BCUT2D eigenvalue weighted by molar-refractivity contribution is 0.0861. The average Bonchev–Trinajstić information content (AvgIpc) is 2.08. The number of hydrogen-bond acceptors (Lipinski definition) is 2. The molecule has 0 aromatic heterocycles. The van der Waals surface area contributed by atoms with Crippen molar-refractivity contribution in [3.05, 3.63) is 29.3 Å². The summed E-state index contributed by atoms with van der Waals surface area (Å²) in [4.78, 5) is 0. The van der Waals surface area contributed by atoms with Crippen LogP contribution in [0, 0.1) is 0 Å². The molecule has 0 saturated heterocycles. The van der Waals surface area contributed by atoms with E-state index in [1.54, 1.807) is 12.1 Å². The minimum atomic E-state index is -0.367. The Morgan fingerprint density at radius 3 is 2.21 bits per heavy atom. The van der Waals surface area contributed by atoms with E-state index >= 15 is 0 Å². The van der Waals surface area contributed by atoms with Crippen LogP contribution in [-0.4, -0.2) is 11.6 Å². The molecule has 0 radical (unpaired) electrons. The Hall–Kier alpha value is -0.730. The zero-order valence-corrected chi connectivity index (χ0v) is 9.51. The zero-order chi connectivity index (χ0) is 10.8. The van der Waals surface area contributed by atoms with Crippen LogP contribution >= 0.6 is 11.6 Å². The lowest BCUT2D eigenvalue weighted by Crippen LogP contribution is -2.45. The second kappa shape index (κ2) is 4.20. The van der Waals surface area contributed by atoms with Crippen molar-refractivity contribution in [2.45, 2.75) is 32.4 Å². The molecule has 1 atom stereocenters. The molecule has 2 N–H and O–H groups in total. The van der Waals surface area contributed by atoms with Gasteiger partial charge in [0.05, 0.1) is 0 Å². The second-order valence-electron chi connectivity index (χ2n) is 3.95. The predicted molar refractivity (Wildman–Crippen MR) is 59.8 cm³/mol. The molecule has 0 spiro atoms. The molecule has 0 saturated carbocycles. The van der Waals surface area contributed by atoms with Gasteiger partial charge in [-0.25, -0.2) is 0 Å². The van der Waals surface area contributed by atoms with E-state index in [1.165, 1.54) is 0 Å². The molecule has 1 aromatic carbocycles. The van der Waals surface area contributed by atoms with Crippen LogP contribution in [0.4, 0.5) is 0 Å². The van der Waals surface area contributed by atoms with E-state index in [9.17, 15) is 0 Å².